The van der Waals surface area contributed by atoms with E-state index in [1.54, 1.807) is 0 Å². The highest BCUT2D eigenvalue weighted by Gasteiger charge is 2.51. The number of rotatable bonds is 4. The first-order valence-electron chi connectivity index (χ1n) is 11.5. The van der Waals surface area contributed by atoms with Crippen LogP contribution in [0.15, 0.2) is 10.7 Å². The first kappa shape index (κ1) is 18.4. The maximum Gasteiger partial charge on any atom is 0.323 e. The molecule has 0 radical (unpaired) electrons. The van der Waals surface area contributed by atoms with Gasteiger partial charge in [0.25, 0.3) is 0 Å². The lowest BCUT2D eigenvalue weighted by molar-refractivity contribution is -0.382. The van der Waals surface area contributed by atoms with Gasteiger partial charge in [-0.1, -0.05) is 6.92 Å². The van der Waals surface area contributed by atoms with Crippen molar-refractivity contribution in [3.8, 4) is 0 Å². The highest BCUT2D eigenvalue weighted by Crippen LogP contribution is 2.57. The Hall–Kier alpha value is -2.38. The van der Waals surface area contributed by atoms with Crippen molar-refractivity contribution in [2.24, 2.45) is 23.7 Å². The number of fused-ring (bicyclic) bond motifs is 1. The van der Waals surface area contributed by atoms with E-state index < -0.39 is 0 Å². The molecule has 0 atom stereocenters. The molecule has 8 nitrogen and oxygen atoms in total. The lowest BCUT2D eigenvalue weighted by atomic mass is 9.53. The minimum atomic E-state index is -0.325. The minimum Gasteiger partial charge on any atom is -0.378 e. The molecule has 4 aliphatic carbocycles. The van der Waals surface area contributed by atoms with Crippen molar-refractivity contribution in [3.05, 3.63) is 16.2 Å². The zero-order chi connectivity index (χ0) is 20.5. The Morgan fingerprint density at radius 3 is 2.30 bits per heavy atom. The monoisotopic (exact) mass is 411 g/mol. The molecule has 1 saturated heterocycles. The Kier molecular flexibility index (Phi) is 4.02. The Labute approximate surface area is 175 Å². The average molecular weight is 412 g/mol. The van der Waals surface area contributed by atoms with Gasteiger partial charge in [-0.2, -0.15) is 0 Å². The predicted molar refractivity (Wildman–Crippen MR) is 114 cm³/mol. The summed E-state index contributed by atoms with van der Waals surface area (Å²) in [5.74, 6) is 3.10. The van der Waals surface area contributed by atoms with E-state index in [0.717, 1.165) is 49.4 Å². The second-order valence-corrected chi connectivity index (χ2v) is 10.5. The molecule has 5 fully saturated rings. The molecule has 0 amide bonds. The Morgan fingerprint density at radius 2 is 1.70 bits per heavy atom. The third-order valence-corrected chi connectivity index (χ3v) is 8.24. The van der Waals surface area contributed by atoms with Gasteiger partial charge in [-0.15, -0.1) is 0 Å². The first-order valence-corrected chi connectivity index (χ1v) is 11.5. The molecule has 2 heterocycles. The molecule has 0 spiro atoms. The van der Waals surface area contributed by atoms with Crippen molar-refractivity contribution in [2.75, 3.05) is 23.3 Å². The molecule has 1 aromatic carbocycles. The summed E-state index contributed by atoms with van der Waals surface area (Å²) < 4.78 is 5.01. The minimum absolute atomic E-state index is 0.0249. The number of anilines is 2. The van der Waals surface area contributed by atoms with Crippen LogP contribution in [0.1, 0.15) is 58.3 Å². The average Bonchev–Trinajstić information content (AvgIpc) is 3.16. The van der Waals surface area contributed by atoms with Crippen LogP contribution in [-0.2, 0) is 0 Å². The summed E-state index contributed by atoms with van der Waals surface area (Å²) in [7, 11) is 0. The van der Waals surface area contributed by atoms with Crippen LogP contribution in [-0.4, -0.2) is 33.9 Å². The van der Waals surface area contributed by atoms with Crippen LogP contribution in [0.25, 0.3) is 11.0 Å². The van der Waals surface area contributed by atoms with E-state index in [2.05, 4.69) is 27.5 Å². The van der Waals surface area contributed by atoms with Crippen molar-refractivity contribution in [1.82, 2.24) is 10.3 Å². The van der Waals surface area contributed by atoms with Crippen molar-refractivity contribution in [3.63, 3.8) is 0 Å². The second kappa shape index (κ2) is 6.56. The van der Waals surface area contributed by atoms with E-state index >= 15 is 0 Å². The van der Waals surface area contributed by atoms with Gasteiger partial charge in [-0.3, -0.25) is 10.1 Å². The van der Waals surface area contributed by atoms with Crippen LogP contribution < -0.4 is 10.2 Å². The number of hydrogen-bond donors (Lipinski definition) is 1. The molecule has 2 aromatic rings. The van der Waals surface area contributed by atoms with Crippen LogP contribution >= 0.6 is 0 Å². The normalized spacial score (nSPS) is 33.4. The lowest BCUT2D eigenvalue weighted by Gasteiger charge is -2.57. The van der Waals surface area contributed by atoms with Gasteiger partial charge in [0.2, 0.25) is 5.52 Å². The van der Waals surface area contributed by atoms with Gasteiger partial charge in [0, 0.05) is 18.6 Å². The van der Waals surface area contributed by atoms with Gasteiger partial charge >= 0.3 is 5.69 Å². The smallest absolute Gasteiger partial charge is 0.323 e. The summed E-state index contributed by atoms with van der Waals surface area (Å²) in [6.45, 7) is 3.90. The fraction of sp³-hybridized carbons (Fsp3) is 0.727. The molecule has 1 N–H and O–H groups in total. The summed E-state index contributed by atoms with van der Waals surface area (Å²) in [6.07, 6.45) is 9.80. The summed E-state index contributed by atoms with van der Waals surface area (Å²) in [4.78, 5) is 13.8. The van der Waals surface area contributed by atoms with E-state index in [1.165, 1.54) is 38.5 Å². The summed E-state index contributed by atoms with van der Waals surface area (Å²) >= 11 is 0. The highest BCUT2D eigenvalue weighted by molar-refractivity contribution is 6.00. The van der Waals surface area contributed by atoms with Gasteiger partial charge < -0.3 is 10.2 Å². The molecule has 0 unspecified atom stereocenters. The number of nitro groups is 1. The standard InChI is InChI=1S/C22H29N5O3/c1-13-2-4-26(5-3-13)18-9-17(19-20(25-30-24-19)21(18)27(28)29)23-22-10-14-6-15(11-22)8-16(7-14)12-22/h9,13-16,23H,2-8,10-12H2,1H3. The summed E-state index contributed by atoms with van der Waals surface area (Å²) in [6, 6.07) is 1.96. The number of benzene rings is 1. The zero-order valence-electron chi connectivity index (χ0n) is 17.5. The van der Waals surface area contributed by atoms with E-state index in [9.17, 15) is 10.1 Å². The number of piperidine rings is 1. The van der Waals surface area contributed by atoms with E-state index in [-0.39, 0.29) is 21.7 Å². The van der Waals surface area contributed by atoms with E-state index in [4.69, 9.17) is 4.63 Å². The van der Waals surface area contributed by atoms with E-state index in [1.807, 2.05) is 6.07 Å². The number of nitro benzene ring substituents is 1. The summed E-state index contributed by atoms with van der Waals surface area (Å²) in [5, 5.41) is 23.9. The summed E-state index contributed by atoms with van der Waals surface area (Å²) in [5.41, 5.74) is 2.38. The maximum atomic E-state index is 12.0. The van der Waals surface area contributed by atoms with Crippen LogP contribution in [0.5, 0.6) is 0 Å². The third kappa shape index (κ3) is 2.87. The first-order chi connectivity index (χ1) is 14.5. The van der Waals surface area contributed by atoms with Gasteiger partial charge in [-0.25, -0.2) is 4.63 Å². The van der Waals surface area contributed by atoms with Gasteiger partial charge in [0.1, 0.15) is 5.69 Å². The van der Waals surface area contributed by atoms with Crippen molar-refractivity contribution in [2.45, 2.75) is 63.8 Å². The Morgan fingerprint density at radius 1 is 1.10 bits per heavy atom. The molecule has 30 heavy (non-hydrogen) atoms. The predicted octanol–water partition coefficient (Wildman–Crippen LogP) is 4.75. The number of nitrogens with zero attached hydrogens (tertiary/aromatic N) is 4. The highest BCUT2D eigenvalue weighted by atomic mass is 16.6. The molecule has 160 valence electrons. The second-order valence-electron chi connectivity index (χ2n) is 10.5. The molecule has 5 aliphatic rings. The van der Waals surface area contributed by atoms with Crippen LogP contribution in [0, 0.1) is 33.8 Å². The Bertz CT molecular complexity index is 959. The third-order valence-electron chi connectivity index (χ3n) is 8.24. The molecule has 1 aromatic heterocycles. The number of nitrogens with one attached hydrogen (secondary N) is 1. The molecule has 7 rings (SSSR count). The van der Waals surface area contributed by atoms with Crippen LogP contribution in [0.4, 0.5) is 17.1 Å². The van der Waals surface area contributed by atoms with Gasteiger partial charge in [-0.05, 0) is 91.4 Å². The fourth-order valence-electron chi connectivity index (χ4n) is 7.23. The number of aromatic nitrogens is 2. The van der Waals surface area contributed by atoms with Gasteiger partial charge in [0.05, 0.1) is 10.6 Å². The Balaban J connectivity index is 1.42. The molecule has 4 saturated carbocycles. The molecule has 1 aliphatic heterocycles. The largest absolute Gasteiger partial charge is 0.378 e. The van der Waals surface area contributed by atoms with Crippen LogP contribution in [0.2, 0.25) is 0 Å². The van der Waals surface area contributed by atoms with Crippen LogP contribution in [0.3, 0.4) is 0 Å². The van der Waals surface area contributed by atoms with E-state index in [0.29, 0.717) is 17.1 Å². The quantitative estimate of drug-likeness (QED) is 0.573. The molecular formula is C22H29N5O3. The van der Waals surface area contributed by atoms with Crippen molar-refractivity contribution >= 4 is 28.1 Å². The van der Waals surface area contributed by atoms with Crippen molar-refractivity contribution < 1.29 is 9.55 Å². The molecule has 8 heteroatoms. The molecule has 4 bridgehead atoms. The maximum absolute atomic E-state index is 12.0. The fourth-order valence-corrected chi connectivity index (χ4v) is 7.23. The SMILES string of the molecule is CC1CCN(c2cc(NC34CC5CC(CC(C5)C3)C4)c3nonc3c2[N+](=O)[O-])CC1. The lowest BCUT2D eigenvalue weighted by Crippen LogP contribution is -2.54. The van der Waals surface area contributed by atoms with Gasteiger partial charge in [0.15, 0.2) is 5.52 Å². The zero-order valence-corrected chi connectivity index (χ0v) is 17.5. The number of hydrogen-bond acceptors (Lipinski definition) is 7. The van der Waals surface area contributed by atoms with Crippen molar-refractivity contribution in [1.29, 1.82) is 0 Å². The topological polar surface area (TPSA) is 97.3 Å². The molecular weight excluding hydrogens is 382 g/mol.